The predicted octanol–water partition coefficient (Wildman–Crippen LogP) is 2.67. The molecule has 2 bridgehead atoms. The summed E-state index contributed by atoms with van der Waals surface area (Å²) in [6.07, 6.45) is 11.0. The zero-order valence-corrected chi connectivity index (χ0v) is 16.3. The van der Waals surface area contributed by atoms with E-state index < -0.39 is 5.54 Å². The van der Waals surface area contributed by atoms with Gasteiger partial charge in [-0.15, -0.1) is 12.4 Å². The minimum absolute atomic E-state index is 0. The van der Waals surface area contributed by atoms with Crippen LogP contribution in [0.3, 0.4) is 0 Å². The summed E-state index contributed by atoms with van der Waals surface area (Å²) in [7, 11) is 0. The first kappa shape index (κ1) is 20.5. The van der Waals surface area contributed by atoms with Crippen molar-refractivity contribution in [2.75, 3.05) is 6.54 Å². The van der Waals surface area contributed by atoms with Crippen molar-refractivity contribution in [2.45, 2.75) is 95.2 Å². The Bertz CT molecular complexity index is 454. The van der Waals surface area contributed by atoms with E-state index in [9.17, 15) is 9.59 Å². The van der Waals surface area contributed by atoms with Crippen LogP contribution in [-0.2, 0) is 9.59 Å². The number of hydrogen-bond acceptors (Lipinski definition) is 3. The first-order chi connectivity index (χ1) is 11.6. The monoisotopic (exact) mass is 371 g/mol. The van der Waals surface area contributed by atoms with E-state index in [2.05, 4.69) is 22.9 Å². The largest absolute Gasteiger partial charge is 0.354 e. The van der Waals surface area contributed by atoms with E-state index in [1.54, 1.807) is 0 Å². The van der Waals surface area contributed by atoms with Gasteiger partial charge in [0.1, 0.15) is 5.54 Å². The lowest BCUT2D eigenvalue weighted by Crippen LogP contribution is -2.60. The van der Waals surface area contributed by atoms with Crippen LogP contribution in [0.4, 0.5) is 0 Å². The third-order valence-corrected chi connectivity index (χ3v) is 6.10. The van der Waals surface area contributed by atoms with Gasteiger partial charge in [-0.05, 0) is 50.9 Å². The molecule has 0 aromatic rings. The summed E-state index contributed by atoms with van der Waals surface area (Å²) in [4.78, 5) is 25.4. The van der Waals surface area contributed by atoms with Gasteiger partial charge in [-0.1, -0.05) is 26.2 Å². The van der Waals surface area contributed by atoms with E-state index in [1.165, 1.54) is 12.8 Å². The van der Waals surface area contributed by atoms with Gasteiger partial charge in [-0.3, -0.25) is 9.59 Å². The van der Waals surface area contributed by atoms with Crippen LogP contribution >= 0.6 is 12.4 Å². The van der Waals surface area contributed by atoms with Gasteiger partial charge in [-0.25, -0.2) is 0 Å². The first-order valence-corrected chi connectivity index (χ1v) is 9.96. The summed E-state index contributed by atoms with van der Waals surface area (Å²) in [6.45, 7) is 2.74. The van der Waals surface area contributed by atoms with Gasteiger partial charge in [0, 0.05) is 25.0 Å². The molecule has 25 heavy (non-hydrogen) atoms. The maximum Gasteiger partial charge on any atom is 0.245 e. The van der Waals surface area contributed by atoms with Crippen LogP contribution in [0.2, 0.25) is 0 Å². The van der Waals surface area contributed by atoms with Crippen molar-refractivity contribution in [3.05, 3.63) is 0 Å². The van der Waals surface area contributed by atoms with Crippen molar-refractivity contribution in [3.63, 3.8) is 0 Å². The zero-order chi connectivity index (χ0) is 17.0. The normalized spacial score (nSPS) is 30.2. The Morgan fingerprint density at radius 1 is 1.08 bits per heavy atom. The van der Waals surface area contributed by atoms with Gasteiger partial charge >= 0.3 is 0 Å². The quantitative estimate of drug-likeness (QED) is 0.672. The molecular weight excluding hydrogens is 338 g/mol. The summed E-state index contributed by atoms with van der Waals surface area (Å²) < 4.78 is 0. The highest BCUT2D eigenvalue weighted by Crippen LogP contribution is 2.33. The molecule has 2 saturated heterocycles. The molecule has 0 aromatic heterocycles. The molecule has 3 rings (SSSR count). The van der Waals surface area contributed by atoms with Gasteiger partial charge in [0.2, 0.25) is 11.8 Å². The molecule has 1 aliphatic carbocycles. The SMILES string of the molecule is CCCNC(=O)C1(NC(=O)CC2CC3CCC(C2)N3)CCCCC1.Cl. The summed E-state index contributed by atoms with van der Waals surface area (Å²) in [6, 6.07) is 1.22. The number of piperidine rings is 1. The van der Waals surface area contributed by atoms with E-state index in [0.717, 1.165) is 51.4 Å². The molecule has 0 radical (unpaired) electrons. The summed E-state index contributed by atoms with van der Waals surface area (Å²) in [5.74, 6) is 0.584. The second-order valence-corrected chi connectivity index (χ2v) is 8.13. The lowest BCUT2D eigenvalue weighted by molar-refractivity contribution is -0.135. The molecule has 3 N–H and O–H groups in total. The number of halogens is 1. The highest BCUT2D eigenvalue weighted by molar-refractivity contribution is 5.91. The standard InChI is InChI=1S/C19H33N3O2.ClH/c1-2-10-20-18(24)19(8-4-3-5-9-19)22-17(23)13-14-11-15-6-7-16(12-14)21-15;/h14-16,21H,2-13H2,1H3,(H,20,24)(H,22,23);1H. The number of carbonyl (C=O) groups excluding carboxylic acids is 2. The molecule has 0 aromatic carbocycles. The van der Waals surface area contributed by atoms with Crippen molar-refractivity contribution >= 4 is 24.2 Å². The fourth-order valence-corrected chi connectivity index (χ4v) is 4.89. The Hall–Kier alpha value is -0.810. The molecule has 0 spiro atoms. The van der Waals surface area contributed by atoms with Crippen LogP contribution in [-0.4, -0.2) is 36.0 Å². The number of fused-ring (bicyclic) bond motifs is 2. The topological polar surface area (TPSA) is 70.2 Å². The number of nitrogens with one attached hydrogen (secondary N) is 3. The molecule has 6 heteroatoms. The van der Waals surface area contributed by atoms with E-state index in [1.807, 2.05) is 0 Å². The number of rotatable bonds is 6. The third kappa shape index (κ3) is 5.10. The third-order valence-electron chi connectivity index (χ3n) is 6.10. The van der Waals surface area contributed by atoms with E-state index in [4.69, 9.17) is 0 Å². The molecule has 144 valence electrons. The van der Waals surface area contributed by atoms with Crippen molar-refractivity contribution in [1.29, 1.82) is 0 Å². The minimum Gasteiger partial charge on any atom is -0.354 e. The maximum absolute atomic E-state index is 12.7. The Morgan fingerprint density at radius 2 is 1.72 bits per heavy atom. The smallest absolute Gasteiger partial charge is 0.245 e. The molecule has 2 aliphatic heterocycles. The van der Waals surface area contributed by atoms with Crippen LogP contribution in [0.25, 0.3) is 0 Å². The zero-order valence-electron chi connectivity index (χ0n) is 15.4. The Labute approximate surface area is 157 Å². The van der Waals surface area contributed by atoms with Crippen molar-refractivity contribution in [3.8, 4) is 0 Å². The molecule has 3 fully saturated rings. The van der Waals surface area contributed by atoms with Crippen molar-refractivity contribution in [2.24, 2.45) is 5.92 Å². The Morgan fingerprint density at radius 3 is 2.32 bits per heavy atom. The average molecular weight is 372 g/mol. The molecule has 2 atom stereocenters. The van der Waals surface area contributed by atoms with Gasteiger partial charge in [0.05, 0.1) is 0 Å². The fraction of sp³-hybridized carbons (Fsp3) is 0.895. The van der Waals surface area contributed by atoms with Gasteiger partial charge in [0.15, 0.2) is 0 Å². The van der Waals surface area contributed by atoms with E-state index in [0.29, 0.717) is 31.0 Å². The second-order valence-electron chi connectivity index (χ2n) is 8.13. The maximum atomic E-state index is 12.7. The van der Waals surface area contributed by atoms with Crippen LogP contribution < -0.4 is 16.0 Å². The van der Waals surface area contributed by atoms with Crippen LogP contribution in [0.1, 0.15) is 77.6 Å². The molecule has 5 nitrogen and oxygen atoms in total. The lowest BCUT2D eigenvalue weighted by Gasteiger charge is -2.37. The molecule has 2 amide bonds. The van der Waals surface area contributed by atoms with Gasteiger partial charge < -0.3 is 16.0 Å². The molecular formula is C19H34ClN3O2. The average Bonchev–Trinajstić information content (AvgIpc) is 2.91. The number of amides is 2. The van der Waals surface area contributed by atoms with Crippen molar-refractivity contribution in [1.82, 2.24) is 16.0 Å². The lowest BCUT2D eigenvalue weighted by atomic mass is 9.80. The highest BCUT2D eigenvalue weighted by Gasteiger charge is 2.41. The number of carbonyl (C=O) groups is 2. The molecule has 3 aliphatic rings. The first-order valence-electron chi connectivity index (χ1n) is 9.96. The predicted molar refractivity (Wildman–Crippen MR) is 102 cm³/mol. The van der Waals surface area contributed by atoms with E-state index >= 15 is 0 Å². The van der Waals surface area contributed by atoms with Crippen LogP contribution in [0, 0.1) is 5.92 Å². The fourth-order valence-electron chi connectivity index (χ4n) is 4.89. The Kier molecular flexibility index (Phi) is 7.56. The van der Waals surface area contributed by atoms with Gasteiger partial charge in [-0.2, -0.15) is 0 Å². The summed E-state index contributed by atoms with van der Waals surface area (Å²) in [5, 5.41) is 9.81. The summed E-state index contributed by atoms with van der Waals surface area (Å²) in [5.41, 5.74) is -0.656. The molecule has 2 unspecified atom stereocenters. The van der Waals surface area contributed by atoms with Gasteiger partial charge in [0.25, 0.3) is 0 Å². The highest BCUT2D eigenvalue weighted by atomic mass is 35.5. The molecule has 1 saturated carbocycles. The van der Waals surface area contributed by atoms with Crippen LogP contribution in [0.5, 0.6) is 0 Å². The van der Waals surface area contributed by atoms with Crippen molar-refractivity contribution < 1.29 is 9.59 Å². The molecule has 2 heterocycles. The Balaban J connectivity index is 0.00000225. The minimum atomic E-state index is -0.656. The second kappa shape index (κ2) is 9.22. The van der Waals surface area contributed by atoms with E-state index in [-0.39, 0.29) is 24.2 Å². The number of hydrogen-bond donors (Lipinski definition) is 3. The summed E-state index contributed by atoms with van der Waals surface area (Å²) >= 11 is 0. The van der Waals surface area contributed by atoms with Crippen LogP contribution in [0.15, 0.2) is 0 Å².